The molecule has 3 rings (SSSR count). The van der Waals surface area contributed by atoms with Crippen LogP contribution in [0.15, 0.2) is 28.6 Å². The van der Waals surface area contributed by atoms with E-state index in [4.69, 9.17) is 0 Å². The molecule has 1 aliphatic rings. The van der Waals surface area contributed by atoms with Crippen LogP contribution in [0, 0.1) is 6.92 Å². The lowest BCUT2D eigenvalue weighted by atomic mass is 10.0. The molecule has 1 aromatic carbocycles. The van der Waals surface area contributed by atoms with Gasteiger partial charge in [-0.2, -0.15) is 0 Å². The van der Waals surface area contributed by atoms with Gasteiger partial charge in [-0.3, -0.25) is 0 Å². The molecule has 5 nitrogen and oxygen atoms in total. The number of anilines is 1. The molecular weight excluding hydrogens is 306 g/mol. The topological polar surface area (TPSA) is 71.1 Å². The lowest BCUT2D eigenvalue weighted by Gasteiger charge is -2.18. The number of hydrogen-bond acceptors (Lipinski definition) is 5. The van der Waals surface area contributed by atoms with Crippen molar-refractivity contribution in [1.29, 1.82) is 0 Å². The summed E-state index contributed by atoms with van der Waals surface area (Å²) in [5, 5.41) is 3.28. The van der Waals surface area contributed by atoms with Gasteiger partial charge in [-0.05, 0) is 43.5 Å². The Bertz CT molecular complexity index is 753. The molecule has 2 N–H and O–H groups in total. The summed E-state index contributed by atoms with van der Waals surface area (Å²) in [5.74, 6) is 0. The number of nitrogens with one attached hydrogen (secondary N) is 2. The second-order valence-electron chi connectivity index (χ2n) is 5.03. The lowest BCUT2D eigenvalue weighted by Crippen LogP contribution is -2.23. The van der Waals surface area contributed by atoms with Gasteiger partial charge in [0.15, 0.2) is 0 Å². The standard InChI is InChI=1S/C14H17N3O2S2/c1-10-14(20-9-16-10)8-17-21(18,19)12-4-5-13-11(7-12)3-2-6-15-13/h4-5,7,9,15,17H,2-3,6,8H2,1H3. The van der Waals surface area contributed by atoms with Gasteiger partial charge < -0.3 is 5.32 Å². The van der Waals surface area contributed by atoms with Crippen molar-refractivity contribution in [2.45, 2.75) is 31.2 Å². The Labute approximate surface area is 128 Å². The third kappa shape index (κ3) is 3.09. The maximum Gasteiger partial charge on any atom is 0.240 e. The van der Waals surface area contributed by atoms with Crippen LogP contribution in [0.1, 0.15) is 22.6 Å². The summed E-state index contributed by atoms with van der Waals surface area (Å²) in [5.41, 5.74) is 4.71. The molecule has 1 aliphatic heterocycles. The Kier molecular flexibility index (Phi) is 3.97. The van der Waals surface area contributed by atoms with Crippen LogP contribution < -0.4 is 10.0 Å². The molecule has 0 aliphatic carbocycles. The van der Waals surface area contributed by atoms with Gasteiger partial charge in [0.25, 0.3) is 0 Å². The van der Waals surface area contributed by atoms with Crippen molar-refractivity contribution in [3.8, 4) is 0 Å². The first-order valence-electron chi connectivity index (χ1n) is 6.82. The predicted molar refractivity (Wildman–Crippen MR) is 84.1 cm³/mol. The quantitative estimate of drug-likeness (QED) is 0.905. The zero-order valence-corrected chi connectivity index (χ0v) is 13.4. The molecule has 21 heavy (non-hydrogen) atoms. The Balaban J connectivity index is 1.80. The number of benzene rings is 1. The van der Waals surface area contributed by atoms with Gasteiger partial charge in [0.1, 0.15) is 0 Å². The SMILES string of the molecule is Cc1ncsc1CNS(=O)(=O)c1ccc2c(c1)CCCN2. The fourth-order valence-electron chi connectivity index (χ4n) is 2.36. The summed E-state index contributed by atoms with van der Waals surface area (Å²) in [7, 11) is -3.49. The van der Waals surface area contributed by atoms with Gasteiger partial charge >= 0.3 is 0 Å². The van der Waals surface area contributed by atoms with Crippen LogP contribution in [-0.2, 0) is 23.0 Å². The van der Waals surface area contributed by atoms with E-state index in [2.05, 4.69) is 15.0 Å². The van der Waals surface area contributed by atoms with Gasteiger partial charge in [-0.1, -0.05) is 0 Å². The summed E-state index contributed by atoms with van der Waals surface area (Å²) in [4.78, 5) is 5.39. The average Bonchev–Trinajstić information content (AvgIpc) is 2.90. The summed E-state index contributed by atoms with van der Waals surface area (Å²) in [6, 6.07) is 5.27. The molecule has 0 unspecified atom stereocenters. The molecule has 2 aromatic rings. The first-order valence-corrected chi connectivity index (χ1v) is 9.18. The highest BCUT2D eigenvalue weighted by molar-refractivity contribution is 7.89. The zero-order valence-electron chi connectivity index (χ0n) is 11.7. The minimum absolute atomic E-state index is 0.286. The molecule has 0 fully saturated rings. The van der Waals surface area contributed by atoms with Crippen molar-refractivity contribution in [3.05, 3.63) is 39.8 Å². The fourth-order valence-corrected chi connectivity index (χ4v) is 4.21. The van der Waals surface area contributed by atoms with Gasteiger partial charge in [-0.15, -0.1) is 11.3 Å². The molecule has 0 saturated carbocycles. The molecule has 0 atom stereocenters. The minimum Gasteiger partial charge on any atom is -0.385 e. The Morgan fingerprint density at radius 2 is 2.29 bits per heavy atom. The second kappa shape index (κ2) is 5.75. The van der Waals surface area contributed by atoms with Crippen LogP contribution >= 0.6 is 11.3 Å². The molecular formula is C14H17N3O2S2. The second-order valence-corrected chi connectivity index (χ2v) is 7.74. The fraction of sp³-hybridized carbons (Fsp3) is 0.357. The summed E-state index contributed by atoms with van der Waals surface area (Å²) in [6.45, 7) is 3.11. The first kappa shape index (κ1) is 14.5. The van der Waals surface area contributed by atoms with Gasteiger partial charge in [0, 0.05) is 23.7 Å². The Hall–Kier alpha value is -1.44. The Morgan fingerprint density at radius 1 is 1.43 bits per heavy atom. The number of rotatable bonds is 4. The number of sulfonamides is 1. The number of aromatic nitrogens is 1. The van der Waals surface area contributed by atoms with Crippen LogP contribution in [-0.4, -0.2) is 19.9 Å². The van der Waals surface area contributed by atoms with Gasteiger partial charge in [-0.25, -0.2) is 18.1 Å². The highest BCUT2D eigenvalue weighted by Crippen LogP contribution is 2.25. The number of aryl methyl sites for hydroxylation is 2. The molecule has 0 bridgehead atoms. The lowest BCUT2D eigenvalue weighted by molar-refractivity contribution is 0.581. The number of thiazole rings is 1. The highest BCUT2D eigenvalue weighted by Gasteiger charge is 2.18. The molecule has 7 heteroatoms. The van der Waals surface area contributed by atoms with Gasteiger partial charge in [0.05, 0.1) is 16.1 Å². The van der Waals surface area contributed by atoms with E-state index in [-0.39, 0.29) is 6.54 Å². The number of hydrogen-bond donors (Lipinski definition) is 2. The van der Waals surface area contributed by atoms with E-state index < -0.39 is 10.0 Å². The maximum atomic E-state index is 12.4. The smallest absolute Gasteiger partial charge is 0.240 e. The predicted octanol–water partition coefficient (Wildman–Crippen LogP) is 2.29. The van der Waals surface area contributed by atoms with E-state index in [0.29, 0.717) is 4.90 Å². The maximum absolute atomic E-state index is 12.4. The summed E-state index contributed by atoms with van der Waals surface area (Å²) in [6.07, 6.45) is 1.95. The van der Waals surface area contributed by atoms with E-state index in [1.54, 1.807) is 17.6 Å². The molecule has 2 heterocycles. The van der Waals surface area contributed by atoms with Crippen molar-refractivity contribution in [1.82, 2.24) is 9.71 Å². The van der Waals surface area contributed by atoms with Crippen molar-refractivity contribution in [2.75, 3.05) is 11.9 Å². The molecule has 1 aromatic heterocycles. The van der Waals surface area contributed by atoms with E-state index in [9.17, 15) is 8.42 Å². The van der Waals surface area contributed by atoms with Crippen molar-refractivity contribution < 1.29 is 8.42 Å². The van der Waals surface area contributed by atoms with E-state index in [1.165, 1.54) is 11.3 Å². The Morgan fingerprint density at radius 3 is 3.05 bits per heavy atom. The molecule has 0 saturated heterocycles. The van der Waals surface area contributed by atoms with Gasteiger partial charge in [0.2, 0.25) is 10.0 Å². The van der Waals surface area contributed by atoms with E-state index >= 15 is 0 Å². The molecule has 112 valence electrons. The van der Waals surface area contributed by atoms with Crippen LogP contribution in [0.4, 0.5) is 5.69 Å². The van der Waals surface area contributed by atoms with Crippen LogP contribution in [0.5, 0.6) is 0 Å². The third-order valence-electron chi connectivity index (χ3n) is 3.59. The number of nitrogens with zero attached hydrogens (tertiary/aromatic N) is 1. The highest BCUT2D eigenvalue weighted by atomic mass is 32.2. The third-order valence-corrected chi connectivity index (χ3v) is 5.93. The van der Waals surface area contributed by atoms with E-state index in [0.717, 1.165) is 41.2 Å². The minimum atomic E-state index is -3.49. The van der Waals surface area contributed by atoms with Crippen LogP contribution in [0.25, 0.3) is 0 Å². The van der Waals surface area contributed by atoms with Crippen LogP contribution in [0.2, 0.25) is 0 Å². The van der Waals surface area contributed by atoms with Crippen LogP contribution in [0.3, 0.4) is 0 Å². The molecule has 0 radical (unpaired) electrons. The number of fused-ring (bicyclic) bond motifs is 1. The van der Waals surface area contributed by atoms with Crippen molar-refractivity contribution in [2.24, 2.45) is 0 Å². The molecule has 0 spiro atoms. The van der Waals surface area contributed by atoms with E-state index in [1.807, 2.05) is 13.0 Å². The summed E-state index contributed by atoms with van der Waals surface area (Å²) < 4.78 is 27.4. The molecule has 0 amide bonds. The largest absolute Gasteiger partial charge is 0.385 e. The monoisotopic (exact) mass is 323 g/mol. The van der Waals surface area contributed by atoms with Crippen molar-refractivity contribution in [3.63, 3.8) is 0 Å². The summed E-state index contributed by atoms with van der Waals surface area (Å²) >= 11 is 1.46. The normalized spacial score (nSPS) is 14.5. The zero-order chi connectivity index (χ0) is 14.9. The first-order chi connectivity index (χ1) is 10.1. The van der Waals surface area contributed by atoms with Crippen molar-refractivity contribution >= 4 is 27.0 Å². The average molecular weight is 323 g/mol.